The third kappa shape index (κ3) is 3.75. The van der Waals surface area contributed by atoms with Gasteiger partial charge in [0.15, 0.2) is 11.5 Å². The molecule has 1 heterocycles. The Kier molecular flexibility index (Phi) is 5.14. The molecule has 1 atom stereocenters. The molecule has 5 nitrogen and oxygen atoms in total. The molecule has 1 amide bonds. The van der Waals surface area contributed by atoms with Crippen molar-refractivity contribution in [2.45, 2.75) is 25.3 Å². The zero-order chi connectivity index (χ0) is 17.1. The van der Waals surface area contributed by atoms with Gasteiger partial charge in [0, 0.05) is 18.6 Å². The second-order valence-corrected chi connectivity index (χ2v) is 7.28. The number of amides is 1. The monoisotopic (exact) mass is 388 g/mol. The fourth-order valence-corrected chi connectivity index (χ4v) is 3.08. The molecule has 1 aliphatic carbocycles. The van der Waals surface area contributed by atoms with Gasteiger partial charge in [-0.3, -0.25) is 4.79 Å². The van der Waals surface area contributed by atoms with Crippen molar-refractivity contribution in [2.75, 3.05) is 19.0 Å². The van der Waals surface area contributed by atoms with Crippen molar-refractivity contribution in [1.82, 2.24) is 15.5 Å². The van der Waals surface area contributed by atoms with Crippen LogP contribution in [0.5, 0.6) is 0 Å². The maximum absolute atomic E-state index is 12.6. The van der Waals surface area contributed by atoms with Crippen LogP contribution in [-0.2, 0) is 0 Å². The normalized spacial score (nSPS) is 15.5. The first kappa shape index (κ1) is 16.9. The van der Waals surface area contributed by atoms with Gasteiger partial charge in [0.2, 0.25) is 0 Å². The molecule has 2 aromatic rings. The molecule has 1 aromatic heterocycles. The van der Waals surface area contributed by atoms with E-state index in [1.54, 1.807) is 12.1 Å². The van der Waals surface area contributed by atoms with E-state index in [0.29, 0.717) is 11.6 Å². The Morgan fingerprint density at radius 2 is 1.88 bits per heavy atom. The van der Waals surface area contributed by atoms with Gasteiger partial charge in [0.25, 0.3) is 5.91 Å². The zero-order valence-electron chi connectivity index (χ0n) is 13.9. The lowest BCUT2D eigenvalue weighted by atomic mass is 9.77. The van der Waals surface area contributed by atoms with Crippen molar-refractivity contribution in [3.8, 4) is 0 Å². The second kappa shape index (κ2) is 7.30. The summed E-state index contributed by atoms with van der Waals surface area (Å²) in [7, 11) is 3.79. The minimum atomic E-state index is -0.173. The second-order valence-electron chi connectivity index (χ2n) is 6.36. The van der Waals surface area contributed by atoms with E-state index < -0.39 is 0 Å². The molecule has 0 aliphatic heterocycles. The number of benzene rings is 1. The van der Waals surface area contributed by atoms with Crippen LogP contribution in [0.15, 0.2) is 40.9 Å². The van der Waals surface area contributed by atoms with Crippen molar-refractivity contribution in [3.05, 3.63) is 52.1 Å². The van der Waals surface area contributed by atoms with Crippen molar-refractivity contribution in [1.29, 1.82) is 0 Å². The van der Waals surface area contributed by atoms with Gasteiger partial charge in [-0.2, -0.15) is 0 Å². The number of nitrogens with zero attached hydrogens (tertiary/aromatic N) is 3. The van der Waals surface area contributed by atoms with E-state index in [9.17, 15) is 4.79 Å². The molecule has 126 valence electrons. The van der Waals surface area contributed by atoms with Gasteiger partial charge in [0.05, 0.1) is 6.04 Å². The first-order valence-electron chi connectivity index (χ1n) is 8.12. The van der Waals surface area contributed by atoms with Crippen molar-refractivity contribution in [3.63, 3.8) is 0 Å². The van der Waals surface area contributed by atoms with E-state index in [0.717, 1.165) is 28.7 Å². The molecule has 1 aliphatic rings. The molecule has 24 heavy (non-hydrogen) atoms. The molecule has 0 radical (unpaired) electrons. The Balaban J connectivity index is 1.76. The fraction of sp³-hybridized carbons (Fsp3) is 0.389. The zero-order valence-corrected chi connectivity index (χ0v) is 15.5. The van der Waals surface area contributed by atoms with E-state index >= 15 is 0 Å². The highest BCUT2D eigenvalue weighted by atomic mass is 79.9. The standard InChI is InChI=1S/C18H21BrN4O/c1-23(2)16-11-10-15(21-22-16)18(24)20-17(12-4-3-5-12)13-6-8-14(19)9-7-13/h6-12,17H,3-5H2,1-2H3,(H,20,24). The fourth-order valence-electron chi connectivity index (χ4n) is 2.82. The molecule has 3 rings (SSSR count). The molecule has 6 heteroatoms. The Labute approximate surface area is 150 Å². The van der Waals surface area contributed by atoms with Gasteiger partial charge in [0.1, 0.15) is 0 Å². The quantitative estimate of drug-likeness (QED) is 0.850. The van der Waals surface area contributed by atoms with Crippen LogP contribution in [-0.4, -0.2) is 30.2 Å². The van der Waals surface area contributed by atoms with Gasteiger partial charge >= 0.3 is 0 Å². The Morgan fingerprint density at radius 3 is 2.38 bits per heavy atom. The van der Waals surface area contributed by atoms with E-state index in [2.05, 4.69) is 43.6 Å². The first-order chi connectivity index (χ1) is 11.5. The maximum atomic E-state index is 12.6. The average Bonchev–Trinajstić information content (AvgIpc) is 2.53. The minimum absolute atomic E-state index is 0.0228. The van der Waals surface area contributed by atoms with Gasteiger partial charge in [-0.05, 0) is 48.6 Å². The van der Waals surface area contributed by atoms with Crippen LogP contribution < -0.4 is 10.2 Å². The van der Waals surface area contributed by atoms with Crippen LogP contribution in [0.1, 0.15) is 41.4 Å². The van der Waals surface area contributed by atoms with Crippen LogP contribution in [0.4, 0.5) is 5.82 Å². The number of hydrogen-bond donors (Lipinski definition) is 1. The van der Waals surface area contributed by atoms with Crippen LogP contribution in [0, 0.1) is 5.92 Å². The highest BCUT2D eigenvalue weighted by Crippen LogP contribution is 2.38. The molecule has 1 N–H and O–H groups in total. The Bertz CT molecular complexity index is 696. The van der Waals surface area contributed by atoms with E-state index in [1.807, 2.05) is 31.1 Å². The summed E-state index contributed by atoms with van der Waals surface area (Å²) in [4.78, 5) is 14.4. The summed E-state index contributed by atoms with van der Waals surface area (Å²) in [5.41, 5.74) is 1.48. The number of hydrogen-bond acceptors (Lipinski definition) is 4. The average molecular weight is 389 g/mol. The van der Waals surface area contributed by atoms with Crippen molar-refractivity contribution in [2.24, 2.45) is 5.92 Å². The molecular weight excluding hydrogens is 368 g/mol. The number of anilines is 1. The van der Waals surface area contributed by atoms with Gasteiger partial charge in [-0.1, -0.05) is 34.5 Å². The summed E-state index contributed by atoms with van der Waals surface area (Å²) in [6.07, 6.45) is 3.52. The number of carbonyl (C=O) groups is 1. The molecule has 0 saturated heterocycles. The molecule has 1 unspecified atom stereocenters. The topological polar surface area (TPSA) is 58.1 Å². The highest BCUT2D eigenvalue weighted by molar-refractivity contribution is 9.10. The lowest BCUT2D eigenvalue weighted by molar-refractivity contribution is 0.0894. The van der Waals surface area contributed by atoms with Crippen LogP contribution >= 0.6 is 15.9 Å². The molecule has 1 aromatic carbocycles. The summed E-state index contributed by atoms with van der Waals surface area (Å²) >= 11 is 3.46. The summed E-state index contributed by atoms with van der Waals surface area (Å²) < 4.78 is 1.04. The van der Waals surface area contributed by atoms with Gasteiger partial charge in [-0.25, -0.2) is 0 Å². The van der Waals surface area contributed by atoms with Gasteiger partial charge in [-0.15, -0.1) is 10.2 Å². The largest absolute Gasteiger partial charge is 0.361 e. The first-order valence-corrected chi connectivity index (χ1v) is 8.91. The minimum Gasteiger partial charge on any atom is -0.361 e. The molecule has 1 saturated carbocycles. The number of nitrogens with one attached hydrogen (secondary N) is 1. The summed E-state index contributed by atoms with van der Waals surface area (Å²) in [6, 6.07) is 11.7. The Morgan fingerprint density at radius 1 is 1.17 bits per heavy atom. The lowest BCUT2D eigenvalue weighted by Gasteiger charge is -2.34. The van der Waals surface area contributed by atoms with E-state index in [4.69, 9.17) is 0 Å². The third-order valence-corrected chi connectivity index (χ3v) is 5.01. The number of halogens is 1. The number of rotatable bonds is 5. The maximum Gasteiger partial charge on any atom is 0.272 e. The van der Waals surface area contributed by atoms with Crippen molar-refractivity contribution >= 4 is 27.7 Å². The Hall–Kier alpha value is -1.95. The smallest absolute Gasteiger partial charge is 0.272 e. The van der Waals surface area contributed by atoms with E-state index in [1.165, 1.54) is 6.42 Å². The number of aromatic nitrogens is 2. The predicted octanol–water partition coefficient (Wildman–Crippen LogP) is 3.58. The predicted molar refractivity (Wildman–Crippen MR) is 98.0 cm³/mol. The number of carbonyl (C=O) groups excluding carboxylic acids is 1. The van der Waals surface area contributed by atoms with E-state index in [-0.39, 0.29) is 11.9 Å². The summed E-state index contributed by atoms with van der Waals surface area (Å²) in [6.45, 7) is 0. The van der Waals surface area contributed by atoms with Crippen molar-refractivity contribution < 1.29 is 4.79 Å². The SMILES string of the molecule is CN(C)c1ccc(C(=O)NC(c2ccc(Br)cc2)C2CCC2)nn1. The summed E-state index contributed by atoms with van der Waals surface area (Å²) in [5, 5.41) is 11.3. The lowest BCUT2D eigenvalue weighted by Crippen LogP contribution is -2.36. The van der Waals surface area contributed by atoms with Crippen LogP contribution in [0.3, 0.4) is 0 Å². The van der Waals surface area contributed by atoms with Gasteiger partial charge < -0.3 is 10.2 Å². The molecular formula is C18H21BrN4O. The molecule has 1 fully saturated rings. The summed E-state index contributed by atoms with van der Waals surface area (Å²) in [5.74, 6) is 1.05. The highest BCUT2D eigenvalue weighted by Gasteiger charge is 2.30. The van der Waals surface area contributed by atoms with Crippen LogP contribution in [0.2, 0.25) is 0 Å². The van der Waals surface area contributed by atoms with Crippen LogP contribution in [0.25, 0.3) is 0 Å². The third-order valence-electron chi connectivity index (χ3n) is 4.48. The molecule has 0 spiro atoms. The molecule has 0 bridgehead atoms.